The summed E-state index contributed by atoms with van der Waals surface area (Å²) in [6, 6.07) is 10.3. The quantitative estimate of drug-likeness (QED) is 0.932. The molecule has 2 aliphatic rings. The summed E-state index contributed by atoms with van der Waals surface area (Å²) in [5.74, 6) is 0.117. The number of carbonyl (C=O) groups is 2. The third-order valence-electron chi connectivity index (χ3n) is 5.72. The number of hydrogen-bond acceptors (Lipinski definition) is 2. The molecule has 1 aliphatic heterocycles. The molecule has 5 heteroatoms. The molecule has 0 saturated heterocycles. The number of aromatic nitrogens is 1. The van der Waals surface area contributed by atoms with Gasteiger partial charge in [-0.25, -0.2) is 0 Å². The fourth-order valence-electron chi connectivity index (χ4n) is 4.29. The van der Waals surface area contributed by atoms with Gasteiger partial charge in [-0.3, -0.25) is 9.59 Å². The summed E-state index contributed by atoms with van der Waals surface area (Å²) in [5.41, 5.74) is 10.8. The van der Waals surface area contributed by atoms with Gasteiger partial charge < -0.3 is 15.2 Å². The lowest BCUT2D eigenvalue weighted by molar-refractivity contribution is -0.132. The monoisotopic (exact) mass is 337 g/mol. The van der Waals surface area contributed by atoms with Crippen molar-refractivity contribution in [3.63, 3.8) is 0 Å². The van der Waals surface area contributed by atoms with Crippen LogP contribution in [0.2, 0.25) is 0 Å². The van der Waals surface area contributed by atoms with Gasteiger partial charge in [-0.1, -0.05) is 24.3 Å². The molecule has 5 nitrogen and oxygen atoms in total. The van der Waals surface area contributed by atoms with Crippen LogP contribution in [-0.2, 0) is 31.2 Å². The molecule has 0 radical (unpaired) electrons. The summed E-state index contributed by atoms with van der Waals surface area (Å²) in [4.78, 5) is 26.3. The first-order valence-corrected chi connectivity index (χ1v) is 8.87. The molecule has 0 fully saturated rings. The van der Waals surface area contributed by atoms with E-state index in [0.717, 1.165) is 30.5 Å². The molecule has 1 aliphatic carbocycles. The van der Waals surface area contributed by atoms with Crippen LogP contribution in [0.15, 0.2) is 30.3 Å². The molecule has 4 rings (SSSR count). The van der Waals surface area contributed by atoms with Crippen molar-refractivity contribution in [2.45, 2.75) is 38.1 Å². The van der Waals surface area contributed by atoms with Crippen LogP contribution in [0.1, 0.15) is 51.6 Å². The van der Waals surface area contributed by atoms with Crippen LogP contribution in [0.5, 0.6) is 0 Å². The summed E-state index contributed by atoms with van der Waals surface area (Å²) >= 11 is 0. The topological polar surface area (TPSA) is 68.3 Å². The Kier molecular flexibility index (Phi) is 3.86. The number of rotatable bonds is 3. The standard InChI is InChI=1S/C20H23N3O2/c1-22-17(20(21)25)10-15-8-9-23(12-18(15)22)19(24)11-14-7-6-13-4-2-3-5-16(13)14/h2-5,10,14H,6-9,11-12H2,1H3,(H2,21,25)/t14-/m1/s1. The predicted molar refractivity (Wildman–Crippen MR) is 95.2 cm³/mol. The van der Waals surface area contributed by atoms with Crippen LogP contribution < -0.4 is 5.73 Å². The van der Waals surface area contributed by atoms with Crippen LogP contribution >= 0.6 is 0 Å². The number of aryl methyl sites for hydroxylation is 1. The molecule has 0 saturated carbocycles. The molecule has 1 atom stereocenters. The van der Waals surface area contributed by atoms with Gasteiger partial charge >= 0.3 is 0 Å². The van der Waals surface area contributed by atoms with E-state index in [2.05, 4.69) is 24.3 Å². The minimum atomic E-state index is -0.419. The van der Waals surface area contributed by atoms with Crippen molar-refractivity contribution >= 4 is 11.8 Å². The minimum absolute atomic E-state index is 0.203. The summed E-state index contributed by atoms with van der Waals surface area (Å²) in [7, 11) is 1.85. The van der Waals surface area contributed by atoms with Crippen molar-refractivity contribution in [2.75, 3.05) is 6.54 Å². The van der Waals surface area contributed by atoms with Gasteiger partial charge in [-0.15, -0.1) is 0 Å². The van der Waals surface area contributed by atoms with E-state index in [4.69, 9.17) is 5.73 Å². The fourth-order valence-corrected chi connectivity index (χ4v) is 4.29. The molecule has 2 N–H and O–H groups in total. The van der Waals surface area contributed by atoms with E-state index in [0.29, 0.717) is 31.1 Å². The van der Waals surface area contributed by atoms with E-state index >= 15 is 0 Å². The summed E-state index contributed by atoms with van der Waals surface area (Å²) < 4.78 is 1.84. The molecule has 25 heavy (non-hydrogen) atoms. The van der Waals surface area contributed by atoms with E-state index in [1.54, 1.807) is 0 Å². The lowest BCUT2D eigenvalue weighted by atomic mass is 9.96. The van der Waals surface area contributed by atoms with Gasteiger partial charge in [0.1, 0.15) is 5.69 Å². The molecule has 1 aromatic heterocycles. The summed E-state index contributed by atoms with van der Waals surface area (Å²) in [6.07, 6.45) is 3.47. The van der Waals surface area contributed by atoms with Gasteiger partial charge in [0.15, 0.2) is 0 Å². The Bertz CT molecular complexity index is 853. The van der Waals surface area contributed by atoms with E-state index < -0.39 is 5.91 Å². The van der Waals surface area contributed by atoms with Gasteiger partial charge in [0.2, 0.25) is 5.91 Å². The lowest BCUT2D eigenvalue weighted by Gasteiger charge is -2.29. The maximum Gasteiger partial charge on any atom is 0.265 e. The second kappa shape index (κ2) is 6.06. The first-order chi connectivity index (χ1) is 12.0. The van der Waals surface area contributed by atoms with Crippen molar-refractivity contribution in [3.05, 3.63) is 58.4 Å². The number of primary amides is 1. The highest BCUT2D eigenvalue weighted by Gasteiger charge is 2.29. The molecular weight excluding hydrogens is 314 g/mol. The van der Waals surface area contributed by atoms with Crippen LogP contribution in [0.4, 0.5) is 0 Å². The third kappa shape index (κ3) is 2.73. The maximum absolute atomic E-state index is 12.9. The normalized spacial score (nSPS) is 18.8. The van der Waals surface area contributed by atoms with Crippen LogP contribution in [0, 0.1) is 0 Å². The molecule has 0 unspecified atom stereocenters. The van der Waals surface area contributed by atoms with Crippen molar-refractivity contribution in [1.82, 2.24) is 9.47 Å². The predicted octanol–water partition coefficient (Wildman–Crippen LogP) is 2.13. The second-order valence-electron chi connectivity index (χ2n) is 7.13. The molecule has 0 spiro atoms. The first kappa shape index (κ1) is 15.9. The Morgan fingerprint density at radius 1 is 1.20 bits per heavy atom. The zero-order valence-corrected chi connectivity index (χ0v) is 14.5. The zero-order valence-electron chi connectivity index (χ0n) is 14.5. The highest BCUT2D eigenvalue weighted by atomic mass is 16.2. The average molecular weight is 337 g/mol. The Morgan fingerprint density at radius 3 is 2.80 bits per heavy atom. The molecule has 130 valence electrons. The van der Waals surface area contributed by atoms with E-state index in [1.165, 1.54) is 11.1 Å². The number of nitrogens with two attached hydrogens (primary N) is 1. The van der Waals surface area contributed by atoms with E-state index in [-0.39, 0.29) is 5.91 Å². The van der Waals surface area contributed by atoms with Crippen LogP contribution in [0.3, 0.4) is 0 Å². The van der Waals surface area contributed by atoms with Gasteiger partial charge in [-0.2, -0.15) is 0 Å². The third-order valence-corrected chi connectivity index (χ3v) is 5.72. The Labute approximate surface area is 147 Å². The Hall–Kier alpha value is -2.56. The molecule has 2 heterocycles. The van der Waals surface area contributed by atoms with Gasteiger partial charge in [-0.05, 0) is 47.9 Å². The highest BCUT2D eigenvalue weighted by Crippen LogP contribution is 2.36. The zero-order chi connectivity index (χ0) is 17.6. The molecule has 0 bridgehead atoms. The van der Waals surface area contributed by atoms with Crippen LogP contribution in [0.25, 0.3) is 0 Å². The molecule has 2 aromatic rings. The van der Waals surface area contributed by atoms with Gasteiger partial charge in [0.25, 0.3) is 5.91 Å². The number of fused-ring (bicyclic) bond motifs is 2. The smallest absolute Gasteiger partial charge is 0.265 e. The van der Waals surface area contributed by atoms with E-state index in [9.17, 15) is 9.59 Å². The SMILES string of the molecule is Cn1c(C(N)=O)cc2c1CN(C(=O)C[C@H]1CCc3ccccc31)CC2. The van der Waals surface area contributed by atoms with Crippen molar-refractivity contribution in [1.29, 1.82) is 0 Å². The maximum atomic E-state index is 12.9. The summed E-state index contributed by atoms with van der Waals surface area (Å²) in [5, 5.41) is 0. The van der Waals surface area contributed by atoms with Crippen molar-refractivity contribution < 1.29 is 9.59 Å². The fraction of sp³-hybridized carbons (Fsp3) is 0.400. The minimum Gasteiger partial charge on any atom is -0.364 e. The molecule has 1 aromatic carbocycles. The van der Waals surface area contributed by atoms with Gasteiger partial charge in [0, 0.05) is 25.7 Å². The number of benzene rings is 1. The summed E-state index contributed by atoms with van der Waals surface area (Å²) in [6.45, 7) is 1.27. The first-order valence-electron chi connectivity index (χ1n) is 8.87. The number of nitrogens with zero attached hydrogens (tertiary/aromatic N) is 2. The largest absolute Gasteiger partial charge is 0.364 e. The Morgan fingerprint density at radius 2 is 2.00 bits per heavy atom. The number of carbonyl (C=O) groups excluding carboxylic acids is 2. The lowest BCUT2D eigenvalue weighted by Crippen LogP contribution is -2.37. The average Bonchev–Trinajstić information content (AvgIpc) is 3.16. The Balaban J connectivity index is 1.49. The number of amides is 2. The van der Waals surface area contributed by atoms with Crippen molar-refractivity contribution in [2.24, 2.45) is 12.8 Å². The van der Waals surface area contributed by atoms with Crippen molar-refractivity contribution in [3.8, 4) is 0 Å². The van der Waals surface area contributed by atoms with Gasteiger partial charge in [0.05, 0.1) is 6.54 Å². The second-order valence-corrected chi connectivity index (χ2v) is 7.13. The van der Waals surface area contributed by atoms with E-state index in [1.807, 2.05) is 22.6 Å². The molecular formula is C20H23N3O2. The number of hydrogen-bond donors (Lipinski definition) is 1. The van der Waals surface area contributed by atoms with Crippen LogP contribution in [-0.4, -0.2) is 27.8 Å². The highest BCUT2D eigenvalue weighted by molar-refractivity contribution is 5.91. The molecule has 2 amide bonds.